The standard InChI is InChI=1S/C58H60N2O21/c1-23-25-11-12-59(30(25)13-38(78-23)80-34-17-57(73,36(63)19-61)15-28-42(34)54(71)46-44(50(28)67)48(65)26-7-5-9-32(75-3)40(26)52(46)69)21-60-22-77-56-24(2)79-39(14-31(56)60)81-35-18-58(74,37(64)20-62)16-29-43(35)55(72)47-45(51(29)68)49(66)27-8-6-10-33(76-4)41(27)53(47)70/h5-10,23-25,30-31,34-35,38-39,56,61-62,67-68,71-74H,11-22H2,1-4H3. The van der Waals surface area contributed by atoms with Gasteiger partial charge in [-0.05, 0) is 32.4 Å². The van der Waals surface area contributed by atoms with E-state index < -0.39 is 173 Å². The van der Waals surface area contributed by atoms with Gasteiger partial charge in [0.05, 0.1) is 78.7 Å². The summed E-state index contributed by atoms with van der Waals surface area (Å²) < 4.78 is 43.3. The minimum absolute atomic E-state index is 0.0121. The van der Waals surface area contributed by atoms with Crippen LogP contribution in [0, 0.1) is 5.92 Å². The number of phenols is 4. The third kappa shape index (κ3) is 8.34. The Morgan fingerprint density at radius 2 is 1.07 bits per heavy atom. The molecule has 4 saturated heterocycles. The summed E-state index contributed by atoms with van der Waals surface area (Å²) in [5.41, 5.74) is -7.87. The third-order valence-corrected chi connectivity index (χ3v) is 18.1. The molecule has 0 amide bonds. The molecule has 4 aliphatic carbocycles. The van der Waals surface area contributed by atoms with Crippen LogP contribution >= 0.6 is 0 Å². The fourth-order valence-corrected chi connectivity index (χ4v) is 14.2. The summed E-state index contributed by atoms with van der Waals surface area (Å²) in [5, 5.41) is 91.8. The molecule has 8 aliphatic rings. The van der Waals surface area contributed by atoms with E-state index in [-0.39, 0.29) is 93.6 Å². The van der Waals surface area contributed by atoms with Crippen LogP contribution in [0.1, 0.15) is 144 Å². The average Bonchev–Trinajstić information content (AvgIpc) is 2.83. The van der Waals surface area contributed by atoms with Crippen molar-refractivity contribution in [3.05, 3.63) is 103 Å². The summed E-state index contributed by atoms with van der Waals surface area (Å²) in [5.74, 6) is -7.99. The second-order valence-corrected chi connectivity index (χ2v) is 22.4. The number of aliphatic hydroxyl groups excluding tert-OH is 2. The van der Waals surface area contributed by atoms with E-state index in [4.69, 9.17) is 33.2 Å². The SMILES string of the molecule is COc1cccc2c1C(=O)c1c(O)c3c(c(O)c1C2=O)CC(O)(C(=O)CO)CC3OC1CC2C(CCN2CN2COC3C(C)OC(OC4CC(O)(C(=O)CO)Cc5c(O)c6c(c(O)c54)C(=O)c4c(OC)cccc4C6=O)CC32)C(C)O1. The number of fused-ring (bicyclic) bond motifs is 8. The minimum atomic E-state index is -2.35. The zero-order chi connectivity index (χ0) is 57.5. The quantitative estimate of drug-likeness (QED) is 0.0815. The minimum Gasteiger partial charge on any atom is -0.507 e. The fourth-order valence-electron chi connectivity index (χ4n) is 14.2. The van der Waals surface area contributed by atoms with E-state index in [2.05, 4.69) is 9.80 Å². The predicted octanol–water partition coefficient (Wildman–Crippen LogP) is 2.31. The number of hydrogen-bond acceptors (Lipinski definition) is 23. The van der Waals surface area contributed by atoms with E-state index in [9.17, 15) is 69.6 Å². The number of aromatic hydroxyl groups is 4. The molecule has 12 rings (SSSR count). The van der Waals surface area contributed by atoms with Crippen molar-refractivity contribution in [2.45, 2.75) is 125 Å². The molecule has 4 aliphatic heterocycles. The smallest absolute Gasteiger partial charge is 0.202 e. The maximum atomic E-state index is 14.3. The molecular formula is C58H60N2O21. The first-order chi connectivity index (χ1) is 38.7. The summed E-state index contributed by atoms with van der Waals surface area (Å²) in [4.78, 5) is 87.5. The molecule has 0 saturated carbocycles. The first-order valence-corrected chi connectivity index (χ1v) is 26.9. The monoisotopic (exact) mass is 1120 g/mol. The van der Waals surface area contributed by atoms with Crippen molar-refractivity contribution in [3.8, 4) is 34.5 Å². The van der Waals surface area contributed by atoms with Crippen LogP contribution in [0.2, 0.25) is 0 Å². The Balaban J connectivity index is 0.808. The lowest BCUT2D eigenvalue weighted by Gasteiger charge is -2.45. The maximum absolute atomic E-state index is 14.3. The largest absolute Gasteiger partial charge is 0.507 e. The summed E-state index contributed by atoms with van der Waals surface area (Å²) in [6.45, 7) is 2.63. The molecule has 4 aromatic carbocycles. The van der Waals surface area contributed by atoms with Crippen LogP contribution in [0.5, 0.6) is 34.5 Å². The van der Waals surface area contributed by atoms with Crippen molar-refractivity contribution in [3.63, 3.8) is 0 Å². The lowest BCUT2D eigenvalue weighted by atomic mass is 9.72. The predicted molar refractivity (Wildman–Crippen MR) is 274 cm³/mol. The molecule has 23 nitrogen and oxygen atoms in total. The van der Waals surface area contributed by atoms with Gasteiger partial charge in [-0.1, -0.05) is 24.3 Å². The van der Waals surface area contributed by atoms with Gasteiger partial charge in [0.25, 0.3) is 0 Å². The molecule has 12 unspecified atom stereocenters. The van der Waals surface area contributed by atoms with Gasteiger partial charge in [0.15, 0.2) is 35.7 Å². The van der Waals surface area contributed by atoms with Crippen LogP contribution in [-0.2, 0) is 46.1 Å². The normalized spacial score (nSPS) is 31.3. The Kier molecular flexibility index (Phi) is 13.5. The summed E-state index contributed by atoms with van der Waals surface area (Å²) in [6, 6.07) is 8.12. The second kappa shape index (κ2) is 20.0. The van der Waals surface area contributed by atoms with Crippen molar-refractivity contribution in [2.24, 2.45) is 5.92 Å². The molecule has 23 heteroatoms. The van der Waals surface area contributed by atoms with E-state index in [0.717, 1.165) is 0 Å². The van der Waals surface area contributed by atoms with Crippen LogP contribution < -0.4 is 9.47 Å². The third-order valence-electron chi connectivity index (χ3n) is 18.1. The van der Waals surface area contributed by atoms with Gasteiger partial charge >= 0.3 is 0 Å². The Bertz CT molecular complexity index is 3180. The Morgan fingerprint density at radius 1 is 0.617 bits per heavy atom. The highest BCUT2D eigenvalue weighted by atomic mass is 16.7. The number of carbonyl (C=O) groups excluding carboxylic acids is 6. The number of aliphatic hydroxyl groups is 4. The van der Waals surface area contributed by atoms with E-state index in [1.807, 2.05) is 6.92 Å². The lowest BCUT2D eigenvalue weighted by Crippen LogP contribution is -2.55. The molecule has 0 spiro atoms. The number of phenolic OH excluding ortho intramolecular Hbond substituents is 4. The van der Waals surface area contributed by atoms with Gasteiger partial charge in [0, 0.05) is 96.5 Å². The molecule has 12 atom stereocenters. The number of ketones is 6. The fraction of sp³-hybridized carbons (Fsp3) is 0.483. The van der Waals surface area contributed by atoms with Crippen LogP contribution in [0.4, 0.5) is 0 Å². The topological polar surface area (TPSA) is 335 Å². The first kappa shape index (κ1) is 54.8. The number of Topliss-reactive ketones (excluding diaryl/α,β-unsaturated/α-hetero) is 2. The number of methoxy groups -OCH3 is 2. The Hall–Kier alpha value is -6.74. The Labute approximate surface area is 462 Å². The maximum Gasteiger partial charge on any atom is 0.202 e. The van der Waals surface area contributed by atoms with E-state index in [1.54, 1.807) is 6.92 Å². The van der Waals surface area contributed by atoms with E-state index >= 15 is 0 Å². The molecular weight excluding hydrogens is 1060 g/mol. The zero-order valence-electron chi connectivity index (χ0n) is 44.5. The van der Waals surface area contributed by atoms with Crippen molar-refractivity contribution in [1.82, 2.24) is 9.80 Å². The van der Waals surface area contributed by atoms with E-state index in [1.165, 1.54) is 50.6 Å². The van der Waals surface area contributed by atoms with Crippen molar-refractivity contribution >= 4 is 34.7 Å². The summed E-state index contributed by atoms with van der Waals surface area (Å²) >= 11 is 0. The van der Waals surface area contributed by atoms with Crippen LogP contribution in [0.25, 0.3) is 0 Å². The zero-order valence-corrected chi connectivity index (χ0v) is 44.5. The molecule has 428 valence electrons. The van der Waals surface area contributed by atoms with Crippen LogP contribution in [0.3, 0.4) is 0 Å². The number of ether oxygens (including phenoxy) is 7. The molecule has 0 aromatic heterocycles. The number of nitrogens with zero attached hydrogens (tertiary/aromatic N) is 2. The van der Waals surface area contributed by atoms with Crippen molar-refractivity contribution < 1.29 is 103 Å². The average molecular weight is 1120 g/mol. The van der Waals surface area contributed by atoms with Crippen LogP contribution in [-0.4, -0.2) is 187 Å². The number of carbonyl (C=O) groups is 6. The molecule has 0 radical (unpaired) electrons. The highest BCUT2D eigenvalue weighted by molar-refractivity contribution is 6.32. The molecule has 4 heterocycles. The highest BCUT2D eigenvalue weighted by Crippen LogP contribution is 2.55. The summed E-state index contributed by atoms with van der Waals surface area (Å²) in [6.07, 6.45) is -7.77. The van der Waals surface area contributed by atoms with Gasteiger partial charge in [-0.15, -0.1) is 0 Å². The summed E-state index contributed by atoms with van der Waals surface area (Å²) in [7, 11) is 2.63. The van der Waals surface area contributed by atoms with Gasteiger partial charge in [0.1, 0.15) is 71.7 Å². The van der Waals surface area contributed by atoms with Gasteiger partial charge < -0.3 is 74.0 Å². The molecule has 8 N–H and O–H groups in total. The van der Waals surface area contributed by atoms with Gasteiger partial charge in [-0.2, -0.15) is 0 Å². The number of rotatable bonds is 12. The molecule has 4 aromatic rings. The second-order valence-electron chi connectivity index (χ2n) is 22.4. The lowest BCUT2D eigenvalue weighted by molar-refractivity contribution is -0.248. The van der Waals surface area contributed by atoms with Gasteiger partial charge in [-0.3, -0.25) is 38.6 Å². The number of likely N-dealkylation sites (tertiary alicyclic amines) is 1. The molecule has 81 heavy (non-hydrogen) atoms. The highest BCUT2D eigenvalue weighted by Gasteiger charge is 2.55. The van der Waals surface area contributed by atoms with Crippen molar-refractivity contribution in [2.75, 3.05) is 47.4 Å². The Morgan fingerprint density at radius 3 is 1.54 bits per heavy atom. The van der Waals surface area contributed by atoms with Gasteiger partial charge in [0.2, 0.25) is 11.6 Å². The van der Waals surface area contributed by atoms with Crippen molar-refractivity contribution in [1.29, 1.82) is 0 Å². The van der Waals surface area contributed by atoms with Crippen LogP contribution in [0.15, 0.2) is 36.4 Å². The first-order valence-electron chi connectivity index (χ1n) is 26.9. The van der Waals surface area contributed by atoms with Gasteiger partial charge in [-0.25, -0.2) is 0 Å². The number of benzene rings is 4. The number of hydrogen-bond donors (Lipinski definition) is 8. The molecule has 4 fully saturated rings. The van der Waals surface area contributed by atoms with E-state index in [0.29, 0.717) is 19.6 Å². The molecule has 0 bridgehead atoms.